The zero-order valence-electron chi connectivity index (χ0n) is 79.7. The number of aromatic nitrogens is 1. The number of phenols is 1. The van der Waals surface area contributed by atoms with Gasteiger partial charge < -0.3 is 106 Å². The first-order valence-corrected chi connectivity index (χ1v) is 45.8. The second-order valence-electron chi connectivity index (χ2n) is 36.4. The van der Waals surface area contributed by atoms with Gasteiger partial charge in [-0.15, -0.1) is 0 Å². The van der Waals surface area contributed by atoms with Crippen LogP contribution < -0.4 is 91.2 Å². The van der Waals surface area contributed by atoms with Gasteiger partial charge >= 0.3 is 0 Å². The number of aliphatic hydroxyl groups excluding tert-OH is 1. The SMILES string of the molecule is CC(=O)N[C@@H](CC(C)C)C(=O)N[C@H](C(=O)N[C@@H](Cc1ccccc1)C(=O)N[C@]1(C)CCCCCC/C=C/CCC[C@@](C)(C(=O)NC(C)C(=O)N[C@@H](C)C(=O)NC(C)C(=O)N[C@@H](C)C(=O)C(=O)[C@H](C)NC[C@H](C)C(N)=O)NC(=O)[C@H](CC(C)C)CN[C@@H](CCC(N)=O)C(=O)C(=O)[C@H](C)NC(=O)[C@H](Cc2c[nH]c3ccccc23)NC(=O)[C@H](Cc2ccc(O)cc2)NC(=O)C(C)NC1=O)[C@@H](C)O. The van der Waals surface area contributed by atoms with Gasteiger partial charge in [0.15, 0.2) is 0 Å². The number of aromatic hydroxyl groups is 1. The summed E-state index contributed by atoms with van der Waals surface area (Å²) in [5.41, 5.74) is 9.24. The zero-order chi connectivity index (χ0) is 100. The minimum absolute atomic E-state index is 0.00272. The number of primary amides is 2. The predicted octanol–water partition coefficient (Wildman–Crippen LogP) is 0.893. The molecule has 18 atom stereocenters. The van der Waals surface area contributed by atoms with Crippen LogP contribution in [0, 0.1) is 23.7 Å². The molecular weight excluding hydrogens is 1730 g/mol. The summed E-state index contributed by atoms with van der Waals surface area (Å²) in [6, 6.07) is 2.48. The lowest BCUT2D eigenvalue weighted by Gasteiger charge is -2.33. The van der Waals surface area contributed by atoms with Gasteiger partial charge in [0.1, 0.15) is 71.2 Å². The molecular formula is C95H140N18O21. The van der Waals surface area contributed by atoms with Crippen molar-refractivity contribution in [1.82, 2.24) is 84.7 Å². The molecule has 39 heteroatoms. The molecule has 1 aromatic heterocycles. The molecule has 3 unspecified atom stereocenters. The number of nitrogens with one attached hydrogen (secondary N) is 16. The summed E-state index contributed by atoms with van der Waals surface area (Å²) in [5.74, 6) is -19.1. The van der Waals surface area contributed by atoms with Crippen LogP contribution in [0.4, 0.5) is 0 Å². The fraction of sp³-hybridized carbons (Fsp3) is 0.568. The van der Waals surface area contributed by atoms with E-state index in [1.54, 1.807) is 60.8 Å². The lowest BCUT2D eigenvalue weighted by Crippen LogP contribution is -2.64. The summed E-state index contributed by atoms with van der Waals surface area (Å²) in [4.78, 5) is 269. The van der Waals surface area contributed by atoms with Gasteiger partial charge in [0, 0.05) is 68.7 Å². The number of ketones is 4. The number of para-hydroxylation sites is 1. The maximum Gasteiger partial charge on any atom is 0.246 e. The minimum atomic E-state index is -1.92. The van der Waals surface area contributed by atoms with E-state index < -0.39 is 226 Å². The van der Waals surface area contributed by atoms with Gasteiger partial charge in [-0.3, -0.25) is 91.1 Å². The van der Waals surface area contributed by atoms with Crippen LogP contribution >= 0.6 is 0 Å². The van der Waals surface area contributed by atoms with E-state index in [9.17, 15) is 77.3 Å². The molecule has 2 heterocycles. The van der Waals surface area contributed by atoms with Gasteiger partial charge in [-0.25, -0.2) is 0 Å². The van der Waals surface area contributed by atoms with Gasteiger partial charge in [-0.2, -0.15) is 0 Å². The quantitative estimate of drug-likeness (QED) is 0.0222. The standard InChI is InChI=1S/C95H140N18O21/c1-51(2)43-66-50-100-70(39-40-75(96)117)80(121)79(120)56(8)102-87(128)74(47-65-49-99-69-34-28-27-33-68(65)69)109-88(129)72(46-64-35-37-67(116)38-36-64)108-85(126)60(12)106-93(134)95(16,113-90(131)73(45-63-31-25-24-26-32-63)110-91(132)76(61(13)114)111-89(130)71(44-52(3)4)107-62(14)115)42-30-23-21-19-17-18-20-22-29-41-94(15,112-86(66)127)92(133)105-59(11)84(125)104-58(10)83(124)103-57(9)82(123)101-55(7)78(119)77(118)54(6)98-48-53(5)81(97)122/h18,20,24-28,31-38,49,51-61,66,70-74,76,98-100,114,116H,17,19,21-23,29-30,39-48,50H2,1-16H3,(H2,96,117)(H2,97,122)(H,101,123)(H,102,128)(H,103,124)(H,104,125)(H,105,133)(H,106,134)(H,107,115)(H,108,126)(H,109,129)(H,110,132)(H,111,130)(H,112,127)(H,113,131)/b20-18+/t53-,54-,55-,56-,57?,58-,59?,60?,61+,66+,70-,71-,72-,73-,74-,76-,94-,95+/m0/s1. The number of fused-ring (bicyclic) bond motifs is 1. The number of aromatic amines is 1. The van der Waals surface area contributed by atoms with Crippen molar-refractivity contribution in [3.8, 4) is 5.75 Å². The molecule has 22 N–H and O–H groups in total. The first-order valence-electron chi connectivity index (χ1n) is 45.8. The highest BCUT2D eigenvalue weighted by atomic mass is 16.3. The lowest BCUT2D eigenvalue weighted by atomic mass is 9.89. The number of amides is 15. The summed E-state index contributed by atoms with van der Waals surface area (Å²) >= 11 is 0. The molecule has 0 aliphatic carbocycles. The third kappa shape index (κ3) is 36.4. The third-order valence-electron chi connectivity index (χ3n) is 23.3. The molecule has 0 saturated carbocycles. The van der Waals surface area contributed by atoms with Crippen molar-refractivity contribution in [2.75, 3.05) is 13.1 Å². The first kappa shape index (κ1) is 112. The molecule has 1 aliphatic rings. The number of carbonyl (C=O) groups is 19. The van der Waals surface area contributed by atoms with Crippen molar-refractivity contribution in [2.24, 2.45) is 35.1 Å². The van der Waals surface area contributed by atoms with E-state index in [-0.39, 0.29) is 94.9 Å². The molecule has 0 spiro atoms. The van der Waals surface area contributed by atoms with Crippen LogP contribution in [0.1, 0.15) is 211 Å². The van der Waals surface area contributed by atoms with E-state index in [0.717, 1.165) is 0 Å². The molecule has 3 aromatic carbocycles. The van der Waals surface area contributed by atoms with Gasteiger partial charge in [0.25, 0.3) is 0 Å². The molecule has 39 nitrogen and oxygen atoms in total. The lowest BCUT2D eigenvalue weighted by molar-refractivity contribution is -0.140. The first-order chi connectivity index (χ1) is 62.9. The van der Waals surface area contributed by atoms with E-state index in [4.69, 9.17) is 11.5 Å². The normalized spacial score (nSPS) is 22.4. The van der Waals surface area contributed by atoms with Crippen LogP contribution in [0.5, 0.6) is 5.75 Å². The van der Waals surface area contributed by atoms with Crippen molar-refractivity contribution in [2.45, 2.75) is 309 Å². The van der Waals surface area contributed by atoms with Crippen LogP contribution in [0.2, 0.25) is 0 Å². The topological polar surface area (TPSA) is 613 Å². The fourth-order valence-electron chi connectivity index (χ4n) is 14.9. The number of hydrogen-bond donors (Lipinski definition) is 20. The number of phenolic OH excluding ortho intramolecular Hbond substituents is 1. The summed E-state index contributed by atoms with van der Waals surface area (Å²) in [5, 5.41) is 62.0. The number of nitrogens with two attached hydrogens (primary N) is 2. The Morgan fingerprint density at radius 2 is 1.09 bits per heavy atom. The van der Waals surface area contributed by atoms with Gasteiger partial charge in [-0.05, 0) is 174 Å². The van der Waals surface area contributed by atoms with E-state index in [0.29, 0.717) is 59.7 Å². The molecule has 1 aliphatic heterocycles. The number of aliphatic hydroxyl groups is 1. The molecule has 5 rings (SSSR count). The number of rotatable bonds is 36. The number of benzene rings is 3. The second-order valence-corrected chi connectivity index (χ2v) is 36.4. The van der Waals surface area contributed by atoms with Crippen molar-refractivity contribution < 1.29 is 101 Å². The van der Waals surface area contributed by atoms with E-state index in [2.05, 4.69) is 84.7 Å². The Morgan fingerprint density at radius 1 is 0.522 bits per heavy atom. The highest BCUT2D eigenvalue weighted by molar-refractivity contribution is 6.41. The highest BCUT2D eigenvalue weighted by Gasteiger charge is 2.44. The maximum absolute atomic E-state index is 15.3. The number of H-pyrrole nitrogens is 1. The summed E-state index contributed by atoms with van der Waals surface area (Å²) in [6.07, 6.45) is 5.32. The Morgan fingerprint density at radius 3 is 1.69 bits per heavy atom. The molecule has 0 bridgehead atoms. The summed E-state index contributed by atoms with van der Waals surface area (Å²) in [6.45, 7) is 22.9. The Kier molecular flexibility index (Phi) is 45.0. The van der Waals surface area contributed by atoms with E-state index >= 15 is 24.0 Å². The van der Waals surface area contributed by atoms with Crippen molar-refractivity contribution in [3.63, 3.8) is 0 Å². The Labute approximate surface area is 782 Å². The van der Waals surface area contributed by atoms with Gasteiger partial charge in [0.05, 0.1) is 36.2 Å². The summed E-state index contributed by atoms with van der Waals surface area (Å²) < 4.78 is 0. The molecule has 0 fully saturated rings. The van der Waals surface area contributed by atoms with Gasteiger partial charge in [0.2, 0.25) is 112 Å². The molecule has 0 radical (unpaired) electrons. The Bertz CT molecular complexity index is 4810. The third-order valence-corrected chi connectivity index (χ3v) is 23.3. The van der Waals surface area contributed by atoms with Crippen molar-refractivity contribution in [1.29, 1.82) is 0 Å². The smallest absolute Gasteiger partial charge is 0.246 e. The molecule has 4 aromatic rings. The number of allylic oxidation sites excluding steroid dienone is 2. The zero-order valence-corrected chi connectivity index (χ0v) is 79.7. The molecule has 0 saturated heterocycles. The fourth-order valence-corrected chi connectivity index (χ4v) is 14.9. The Balaban J connectivity index is 1.54. The number of Topliss-reactive ketones (excluding diaryl/α,β-unsaturated/α-hetero) is 4. The molecule has 134 heavy (non-hydrogen) atoms. The second kappa shape index (κ2) is 53.9. The summed E-state index contributed by atoms with van der Waals surface area (Å²) in [7, 11) is 0. The maximum atomic E-state index is 15.3. The van der Waals surface area contributed by atoms with Crippen molar-refractivity contribution in [3.05, 3.63) is 114 Å². The van der Waals surface area contributed by atoms with Gasteiger partial charge in [-0.1, -0.05) is 127 Å². The Hall–Kier alpha value is -12.7. The van der Waals surface area contributed by atoms with Crippen LogP contribution in [0.25, 0.3) is 10.9 Å². The minimum Gasteiger partial charge on any atom is -0.508 e. The van der Waals surface area contributed by atoms with E-state index in [1.165, 1.54) is 107 Å². The average molecular weight is 1870 g/mol. The average Bonchev–Trinajstić information content (AvgIpc) is 1.63. The van der Waals surface area contributed by atoms with Crippen LogP contribution in [0.15, 0.2) is 97.2 Å². The monoisotopic (exact) mass is 1870 g/mol. The largest absolute Gasteiger partial charge is 0.508 e. The number of carbonyl (C=O) groups excluding carboxylic acids is 19. The number of hydrogen-bond acceptors (Lipinski definition) is 23. The molecule has 736 valence electrons. The van der Waals surface area contributed by atoms with Crippen molar-refractivity contribution >= 4 is 123 Å². The van der Waals surface area contributed by atoms with Crippen LogP contribution in [-0.4, -0.2) is 236 Å². The predicted molar refractivity (Wildman–Crippen MR) is 499 cm³/mol. The van der Waals surface area contributed by atoms with Crippen LogP contribution in [-0.2, 0) is 110 Å². The van der Waals surface area contributed by atoms with Crippen LogP contribution in [0.3, 0.4) is 0 Å². The highest BCUT2D eigenvalue weighted by Crippen LogP contribution is 2.25. The molecule has 15 amide bonds. The van der Waals surface area contributed by atoms with E-state index in [1.807, 2.05) is 39.8 Å².